The molecular formula is C20H26O7. The maximum absolute atomic E-state index is 12.5. The highest BCUT2D eigenvalue weighted by atomic mass is 16.6. The molecule has 1 aliphatic carbocycles. The number of carbonyl (C=O) groups is 3. The van der Waals surface area contributed by atoms with Crippen molar-refractivity contribution in [2.45, 2.75) is 64.4 Å². The topological polar surface area (TPSA) is 110 Å². The molecule has 0 aromatic rings. The molecule has 2 aliphatic rings. The monoisotopic (exact) mass is 378 g/mol. The minimum absolute atomic E-state index is 0.0956. The lowest BCUT2D eigenvalue weighted by molar-refractivity contribution is -0.156. The van der Waals surface area contributed by atoms with Crippen LogP contribution in [-0.4, -0.2) is 51.8 Å². The number of ketones is 1. The summed E-state index contributed by atoms with van der Waals surface area (Å²) in [4.78, 5) is 36.8. The minimum atomic E-state index is -1.86. The number of esters is 2. The van der Waals surface area contributed by atoms with Gasteiger partial charge in [-0.25, -0.2) is 9.59 Å². The molecule has 0 spiro atoms. The Bertz CT molecular complexity index is 729. The standard InChI is InChI=1S/C20H26O7/c1-6-10(2)18(23)27-15-9-20(5,25)16(22)8-13(21)11(3)7-14-17(15)12(4)19(24)26-14/h6-7,13-15,17,21,25H,4,8-9H2,1-3,5H3/b10-6+,11-7-/t13-,14-,15+,17+,20+/m0/s1. The van der Waals surface area contributed by atoms with Gasteiger partial charge in [0.05, 0.1) is 12.0 Å². The van der Waals surface area contributed by atoms with Gasteiger partial charge in [-0.3, -0.25) is 4.79 Å². The second-order valence-corrected chi connectivity index (χ2v) is 7.37. The molecule has 1 fully saturated rings. The lowest BCUT2D eigenvalue weighted by atomic mass is 9.79. The van der Waals surface area contributed by atoms with Gasteiger partial charge in [0.2, 0.25) is 0 Å². The number of aliphatic hydroxyl groups is 2. The fourth-order valence-corrected chi connectivity index (χ4v) is 3.20. The van der Waals surface area contributed by atoms with E-state index in [0.717, 1.165) is 0 Å². The van der Waals surface area contributed by atoms with Crippen molar-refractivity contribution in [3.8, 4) is 0 Å². The van der Waals surface area contributed by atoms with Crippen LogP contribution in [0.15, 0.2) is 35.5 Å². The molecule has 2 N–H and O–H groups in total. The van der Waals surface area contributed by atoms with Crippen LogP contribution in [0.4, 0.5) is 0 Å². The molecular weight excluding hydrogens is 352 g/mol. The number of allylic oxidation sites excluding steroid dienone is 1. The van der Waals surface area contributed by atoms with Crippen LogP contribution in [0.25, 0.3) is 0 Å². The first-order valence-corrected chi connectivity index (χ1v) is 8.83. The summed E-state index contributed by atoms with van der Waals surface area (Å²) in [6.45, 7) is 9.91. The van der Waals surface area contributed by atoms with Crippen LogP contribution in [0.2, 0.25) is 0 Å². The van der Waals surface area contributed by atoms with Crippen molar-refractivity contribution in [3.63, 3.8) is 0 Å². The Morgan fingerprint density at radius 2 is 2.07 bits per heavy atom. The van der Waals surface area contributed by atoms with E-state index in [1.807, 2.05) is 0 Å². The molecule has 0 unspecified atom stereocenters. The molecule has 0 radical (unpaired) electrons. The summed E-state index contributed by atoms with van der Waals surface area (Å²) in [5.74, 6) is -2.61. The molecule has 5 atom stereocenters. The maximum Gasteiger partial charge on any atom is 0.334 e. The van der Waals surface area contributed by atoms with Gasteiger partial charge in [0.1, 0.15) is 17.8 Å². The summed E-state index contributed by atoms with van der Waals surface area (Å²) in [6, 6.07) is 0. The van der Waals surface area contributed by atoms with Crippen LogP contribution in [0.1, 0.15) is 40.5 Å². The fraction of sp³-hybridized carbons (Fsp3) is 0.550. The van der Waals surface area contributed by atoms with E-state index < -0.39 is 47.6 Å². The first-order chi connectivity index (χ1) is 12.5. The molecule has 1 aliphatic heterocycles. The fourth-order valence-electron chi connectivity index (χ4n) is 3.20. The van der Waals surface area contributed by atoms with Crippen molar-refractivity contribution in [2.75, 3.05) is 0 Å². The molecule has 1 saturated heterocycles. The van der Waals surface area contributed by atoms with Crippen molar-refractivity contribution < 1.29 is 34.1 Å². The van der Waals surface area contributed by atoms with Gasteiger partial charge in [0.15, 0.2) is 5.78 Å². The number of carbonyl (C=O) groups excluding carboxylic acids is 3. The molecule has 148 valence electrons. The Morgan fingerprint density at radius 1 is 1.44 bits per heavy atom. The Kier molecular flexibility index (Phi) is 6.07. The van der Waals surface area contributed by atoms with Gasteiger partial charge in [-0.2, -0.15) is 0 Å². The zero-order valence-corrected chi connectivity index (χ0v) is 16.0. The lowest BCUT2D eigenvalue weighted by Gasteiger charge is -2.33. The van der Waals surface area contributed by atoms with Gasteiger partial charge < -0.3 is 19.7 Å². The second kappa shape index (κ2) is 7.78. The number of aliphatic hydroxyl groups excluding tert-OH is 1. The second-order valence-electron chi connectivity index (χ2n) is 7.37. The number of ether oxygens (including phenoxy) is 2. The first-order valence-electron chi connectivity index (χ1n) is 8.83. The van der Waals surface area contributed by atoms with Gasteiger partial charge in [-0.05, 0) is 39.3 Å². The third-order valence-electron chi connectivity index (χ3n) is 5.21. The summed E-state index contributed by atoms with van der Waals surface area (Å²) in [7, 11) is 0. The molecule has 0 amide bonds. The summed E-state index contributed by atoms with van der Waals surface area (Å²) in [5, 5.41) is 20.9. The number of Topliss-reactive ketones (excluding diaryl/α,β-unsaturated/α-hetero) is 1. The molecule has 0 aromatic heterocycles. The number of fused-ring (bicyclic) bond motifs is 1. The largest absolute Gasteiger partial charge is 0.458 e. The van der Waals surface area contributed by atoms with Crippen LogP contribution >= 0.6 is 0 Å². The molecule has 0 saturated carbocycles. The van der Waals surface area contributed by atoms with E-state index in [0.29, 0.717) is 11.1 Å². The normalized spacial score (nSPS) is 37.2. The molecule has 2 rings (SSSR count). The number of hydrogen-bond acceptors (Lipinski definition) is 7. The van der Waals surface area contributed by atoms with Crippen molar-refractivity contribution in [3.05, 3.63) is 35.5 Å². The predicted molar refractivity (Wildman–Crippen MR) is 96.4 cm³/mol. The number of hydrogen-bond donors (Lipinski definition) is 2. The highest BCUT2D eigenvalue weighted by Gasteiger charge is 2.48. The van der Waals surface area contributed by atoms with E-state index in [1.54, 1.807) is 32.9 Å². The summed E-state index contributed by atoms with van der Waals surface area (Å²) >= 11 is 0. The zero-order chi connectivity index (χ0) is 20.5. The highest BCUT2D eigenvalue weighted by Crippen LogP contribution is 2.37. The van der Waals surface area contributed by atoms with Gasteiger partial charge in [-0.15, -0.1) is 0 Å². The van der Waals surface area contributed by atoms with E-state index >= 15 is 0 Å². The highest BCUT2D eigenvalue weighted by molar-refractivity contribution is 5.92. The zero-order valence-electron chi connectivity index (χ0n) is 16.0. The van der Waals surface area contributed by atoms with Crippen LogP contribution in [0.5, 0.6) is 0 Å². The first kappa shape index (κ1) is 21.1. The lowest BCUT2D eigenvalue weighted by Crippen LogP contribution is -2.46. The van der Waals surface area contributed by atoms with Crippen molar-refractivity contribution in [1.82, 2.24) is 0 Å². The van der Waals surface area contributed by atoms with Crippen molar-refractivity contribution >= 4 is 17.7 Å². The molecule has 27 heavy (non-hydrogen) atoms. The average Bonchev–Trinajstić information content (AvgIpc) is 2.86. The Labute approximate surface area is 158 Å². The van der Waals surface area contributed by atoms with Gasteiger partial charge in [-0.1, -0.05) is 12.7 Å². The Balaban J connectivity index is 2.52. The van der Waals surface area contributed by atoms with Crippen LogP contribution in [0, 0.1) is 5.92 Å². The Morgan fingerprint density at radius 3 is 2.67 bits per heavy atom. The molecule has 1 heterocycles. The van der Waals surface area contributed by atoms with Crippen LogP contribution in [0.3, 0.4) is 0 Å². The molecule has 0 aromatic carbocycles. The molecule has 0 bridgehead atoms. The maximum atomic E-state index is 12.5. The van der Waals surface area contributed by atoms with Crippen LogP contribution in [-0.2, 0) is 23.9 Å². The average molecular weight is 378 g/mol. The number of rotatable bonds is 2. The third kappa shape index (κ3) is 4.36. The minimum Gasteiger partial charge on any atom is -0.458 e. The van der Waals surface area contributed by atoms with Gasteiger partial charge in [0.25, 0.3) is 0 Å². The molecule has 7 nitrogen and oxygen atoms in total. The predicted octanol–water partition coefficient (Wildman–Crippen LogP) is 1.38. The quantitative estimate of drug-likeness (QED) is 0.424. The SMILES string of the molecule is C=C1C(=O)O[C@H]2/C=C(/C)[C@@H](O)CC(=O)[C@](C)(O)C[C@@H](OC(=O)/C(C)=C/C)[C@H]12. The van der Waals surface area contributed by atoms with E-state index in [4.69, 9.17) is 9.47 Å². The smallest absolute Gasteiger partial charge is 0.334 e. The Hall–Kier alpha value is -2.25. The van der Waals surface area contributed by atoms with E-state index in [2.05, 4.69) is 6.58 Å². The van der Waals surface area contributed by atoms with Crippen LogP contribution < -0.4 is 0 Å². The molecule has 7 heteroatoms. The van der Waals surface area contributed by atoms with Crippen molar-refractivity contribution in [2.24, 2.45) is 5.92 Å². The van der Waals surface area contributed by atoms with Crippen molar-refractivity contribution in [1.29, 1.82) is 0 Å². The van der Waals surface area contributed by atoms with E-state index in [1.165, 1.54) is 6.92 Å². The van der Waals surface area contributed by atoms with Gasteiger partial charge in [0, 0.05) is 24.0 Å². The third-order valence-corrected chi connectivity index (χ3v) is 5.21. The summed E-state index contributed by atoms with van der Waals surface area (Å²) in [5.41, 5.74) is -0.983. The van der Waals surface area contributed by atoms with E-state index in [9.17, 15) is 24.6 Å². The van der Waals surface area contributed by atoms with Gasteiger partial charge >= 0.3 is 11.9 Å². The van der Waals surface area contributed by atoms with E-state index in [-0.39, 0.29) is 18.4 Å². The summed E-state index contributed by atoms with van der Waals surface area (Å²) in [6.07, 6.45) is -0.346. The summed E-state index contributed by atoms with van der Waals surface area (Å²) < 4.78 is 10.9.